The van der Waals surface area contributed by atoms with Crippen LogP contribution in [-0.2, 0) is 11.2 Å². The minimum Gasteiger partial charge on any atom is -0.486 e. The van der Waals surface area contributed by atoms with Gasteiger partial charge in [0.15, 0.2) is 11.5 Å². The Hall–Kier alpha value is -1.75. The van der Waals surface area contributed by atoms with Gasteiger partial charge in [0.1, 0.15) is 13.2 Å². The quantitative estimate of drug-likeness (QED) is 0.467. The Bertz CT molecular complexity index is 577. The van der Waals surface area contributed by atoms with Crippen molar-refractivity contribution >= 4 is 5.91 Å². The molecule has 5 heteroatoms. The zero-order chi connectivity index (χ0) is 20.0. The molecule has 1 atom stereocenters. The van der Waals surface area contributed by atoms with Crippen LogP contribution in [0.5, 0.6) is 11.5 Å². The Morgan fingerprint density at radius 1 is 1.00 bits per heavy atom. The highest BCUT2D eigenvalue weighted by Gasteiger charge is 2.16. The number of fused-ring (bicyclic) bond motifs is 1. The van der Waals surface area contributed by atoms with Crippen molar-refractivity contribution in [2.24, 2.45) is 0 Å². The fourth-order valence-corrected chi connectivity index (χ4v) is 3.44. The van der Waals surface area contributed by atoms with E-state index >= 15 is 0 Å². The van der Waals surface area contributed by atoms with Crippen LogP contribution in [0.2, 0.25) is 0 Å². The predicted octanol–water partition coefficient (Wildman–Crippen LogP) is 4.24. The Kier molecular flexibility index (Phi) is 10.8. The number of rotatable bonds is 14. The number of carbonyl (C=O) groups excluding carboxylic acids is 1. The van der Waals surface area contributed by atoms with Crippen LogP contribution in [0.25, 0.3) is 0 Å². The second-order valence-corrected chi connectivity index (χ2v) is 7.67. The lowest BCUT2D eigenvalue weighted by atomic mass is 10.0. The van der Waals surface area contributed by atoms with Gasteiger partial charge in [-0.25, -0.2) is 0 Å². The standard InChI is InChI=1S/C23H38N2O3/c1-3-5-7-8-9-10-23(26)25-20(18-24-13-6-4-2)16-19-11-12-21-22(17-19)28-15-14-27-21/h11-12,17,20,24H,3-10,13-16,18H2,1-2H3,(H,25,26)/t20-/m0/s1. The molecule has 0 aliphatic carbocycles. The van der Waals surface area contributed by atoms with Gasteiger partial charge < -0.3 is 20.1 Å². The maximum Gasteiger partial charge on any atom is 0.220 e. The third-order valence-corrected chi connectivity index (χ3v) is 5.06. The van der Waals surface area contributed by atoms with Crippen LogP contribution in [0.3, 0.4) is 0 Å². The summed E-state index contributed by atoms with van der Waals surface area (Å²) in [7, 11) is 0. The molecule has 2 N–H and O–H groups in total. The van der Waals surface area contributed by atoms with Crippen molar-refractivity contribution in [2.75, 3.05) is 26.3 Å². The first-order valence-corrected chi connectivity index (χ1v) is 11.1. The van der Waals surface area contributed by atoms with Gasteiger partial charge in [-0.2, -0.15) is 0 Å². The topological polar surface area (TPSA) is 59.6 Å². The Morgan fingerprint density at radius 3 is 2.54 bits per heavy atom. The van der Waals surface area contributed by atoms with Crippen LogP contribution >= 0.6 is 0 Å². The summed E-state index contributed by atoms with van der Waals surface area (Å²) in [5, 5.41) is 6.73. The Morgan fingerprint density at radius 2 is 1.75 bits per heavy atom. The van der Waals surface area contributed by atoms with Crippen LogP contribution in [0.1, 0.15) is 70.8 Å². The maximum atomic E-state index is 12.4. The first kappa shape index (κ1) is 22.5. The molecule has 1 heterocycles. The lowest BCUT2D eigenvalue weighted by Crippen LogP contribution is -2.43. The normalized spacial score (nSPS) is 13.9. The van der Waals surface area contributed by atoms with Gasteiger partial charge in [0.25, 0.3) is 0 Å². The molecule has 1 amide bonds. The number of hydrogen-bond acceptors (Lipinski definition) is 4. The molecule has 0 saturated heterocycles. The van der Waals surface area contributed by atoms with E-state index in [0.717, 1.165) is 55.8 Å². The number of unbranched alkanes of at least 4 members (excludes halogenated alkanes) is 5. The summed E-state index contributed by atoms with van der Waals surface area (Å²) >= 11 is 0. The van der Waals surface area contributed by atoms with E-state index in [0.29, 0.717) is 19.6 Å². The molecule has 28 heavy (non-hydrogen) atoms. The molecular weight excluding hydrogens is 352 g/mol. The molecule has 2 rings (SSSR count). The number of amides is 1. The lowest BCUT2D eigenvalue weighted by Gasteiger charge is -2.22. The molecule has 1 aliphatic rings. The van der Waals surface area contributed by atoms with E-state index in [4.69, 9.17) is 9.47 Å². The van der Waals surface area contributed by atoms with Crippen molar-refractivity contribution in [3.63, 3.8) is 0 Å². The lowest BCUT2D eigenvalue weighted by molar-refractivity contribution is -0.121. The van der Waals surface area contributed by atoms with Gasteiger partial charge >= 0.3 is 0 Å². The summed E-state index contributed by atoms with van der Waals surface area (Å²) in [6.07, 6.45) is 9.57. The monoisotopic (exact) mass is 390 g/mol. The van der Waals surface area contributed by atoms with E-state index in [2.05, 4.69) is 30.5 Å². The van der Waals surface area contributed by atoms with Gasteiger partial charge in [-0.1, -0.05) is 52.0 Å². The molecule has 0 unspecified atom stereocenters. The zero-order valence-electron chi connectivity index (χ0n) is 17.7. The minimum atomic E-state index is 0.0857. The van der Waals surface area contributed by atoms with Gasteiger partial charge in [0, 0.05) is 19.0 Å². The van der Waals surface area contributed by atoms with E-state index in [1.54, 1.807) is 0 Å². The first-order chi connectivity index (χ1) is 13.7. The number of hydrogen-bond donors (Lipinski definition) is 2. The summed E-state index contributed by atoms with van der Waals surface area (Å²) in [6, 6.07) is 6.18. The van der Waals surface area contributed by atoms with E-state index < -0.39 is 0 Å². The minimum absolute atomic E-state index is 0.0857. The average molecular weight is 391 g/mol. The fraction of sp³-hybridized carbons (Fsp3) is 0.696. The van der Waals surface area contributed by atoms with Crippen molar-refractivity contribution in [3.8, 4) is 11.5 Å². The van der Waals surface area contributed by atoms with E-state index in [1.807, 2.05) is 12.1 Å². The highest BCUT2D eigenvalue weighted by atomic mass is 16.6. The molecule has 0 fully saturated rings. The Balaban J connectivity index is 1.86. The van der Waals surface area contributed by atoms with Gasteiger partial charge in [-0.05, 0) is 43.5 Å². The van der Waals surface area contributed by atoms with Crippen LogP contribution in [0.15, 0.2) is 18.2 Å². The molecule has 0 radical (unpaired) electrons. The van der Waals surface area contributed by atoms with Gasteiger partial charge in [-0.15, -0.1) is 0 Å². The van der Waals surface area contributed by atoms with Crippen LogP contribution in [0.4, 0.5) is 0 Å². The average Bonchev–Trinajstić information content (AvgIpc) is 2.71. The smallest absolute Gasteiger partial charge is 0.220 e. The summed E-state index contributed by atoms with van der Waals surface area (Å²) in [5.74, 6) is 1.78. The molecule has 0 spiro atoms. The molecule has 0 saturated carbocycles. The van der Waals surface area contributed by atoms with Crippen molar-refractivity contribution in [1.82, 2.24) is 10.6 Å². The molecule has 0 bridgehead atoms. The fourth-order valence-electron chi connectivity index (χ4n) is 3.44. The summed E-state index contributed by atoms with van der Waals surface area (Å²) in [4.78, 5) is 12.4. The summed E-state index contributed by atoms with van der Waals surface area (Å²) < 4.78 is 11.3. The SMILES string of the molecule is CCCCCCCC(=O)N[C@H](CNCCCC)Cc1ccc2c(c1)OCCO2. The van der Waals surface area contributed by atoms with E-state index in [9.17, 15) is 4.79 Å². The number of benzene rings is 1. The van der Waals surface area contributed by atoms with Crippen LogP contribution in [0, 0.1) is 0 Å². The third-order valence-electron chi connectivity index (χ3n) is 5.06. The van der Waals surface area contributed by atoms with Crippen molar-refractivity contribution in [2.45, 2.75) is 77.7 Å². The zero-order valence-corrected chi connectivity index (χ0v) is 17.7. The summed E-state index contributed by atoms with van der Waals surface area (Å²) in [5.41, 5.74) is 1.16. The van der Waals surface area contributed by atoms with E-state index in [-0.39, 0.29) is 11.9 Å². The second-order valence-electron chi connectivity index (χ2n) is 7.67. The predicted molar refractivity (Wildman–Crippen MR) is 114 cm³/mol. The number of ether oxygens (including phenoxy) is 2. The van der Waals surface area contributed by atoms with Gasteiger partial charge in [0.2, 0.25) is 5.91 Å². The maximum absolute atomic E-state index is 12.4. The highest BCUT2D eigenvalue weighted by molar-refractivity contribution is 5.76. The van der Waals surface area contributed by atoms with E-state index in [1.165, 1.54) is 25.7 Å². The number of nitrogens with one attached hydrogen (secondary N) is 2. The van der Waals surface area contributed by atoms with Crippen LogP contribution in [-0.4, -0.2) is 38.3 Å². The van der Waals surface area contributed by atoms with Crippen molar-refractivity contribution < 1.29 is 14.3 Å². The largest absolute Gasteiger partial charge is 0.486 e. The van der Waals surface area contributed by atoms with Crippen molar-refractivity contribution in [1.29, 1.82) is 0 Å². The van der Waals surface area contributed by atoms with Gasteiger partial charge in [0.05, 0.1) is 0 Å². The molecular formula is C23H38N2O3. The third kappa shape index (κ3) is 8.51. The molecule has 1 aliphatic heterocycles. The molecule has 1 aromatic carbocycles. The van der Waals surface area contributed by atoms with Crippen molar-refractivity contribution in [3.05, 3.63) is 23.8 Å². The Labute approximate surface area is 170 Å². The number of carbonyl (C=O) groups is 1. The summed E-state index contributed by atoms with van der Waals surface area (Å²) in [6.45, 7) is 7.37. The molecule has 158 valence electrons. The van der Waals surface area contributed by atoms with Crippen LogP contribution < -0.4 is 20.1 Å². The first-order valence-electron chi connectivity index (χ1n) is 11.1. The molecule has 5 nitrogen and oxygen atoms in total. The second kappa shape index (κ2) is 13.4. The molecule has 0 aromatic heterocycles. The molecule has 1 aromatic rings. The van der Waals surface area contributed by atoms with Gasteiger partial charge in [-0.3, -0.25) is 4.79 Å². The highest BCUT2D eigenvalue weighted by Crippen LogP contribution is 2.31.